The number of hydrogen-bond acceptors (Lipinski definition) is 3. The number of carbonyl (C=O) groups is 2. The van der Waals surface area contributed by atoms with E-state index >= 15 is 0 Å². The van der Waals surface area contributed by atoms with Gasteiger partial charge in [-0.05, 0) is 19.3 Å². The molecule has 2 unspecified atom stereocenters. The number of carboxylic acid groups (broad SMARTS) is 1. The molecule has 6 nitrogen and oxygen atoms in total. The predicted molar refractivity (Wildman–Crippen MR) is 78.8 cm³/mol. The number of nitrogens with one attached hydrogen (secondary N) is 1. The van der Waals surface area contributed by atoms with Gasteiger partial charge in [0.1, 0.15) is 5.92 Å². The first-order valence-corrected chi connectivity index (χ1v) is 7.40. The smallest absolute Gasteiger partial charge is 0.317 e. The molecule has 118 valence electrons. The number of carbonyl (C=O) groups excluding carboxylic acids is 1. The van der Waals surface area contributed by atoms with Crippen LogP contribution >= 0.6 is 0 Å². The summed E-state index contributed by atoms with van der Waals surface area (Å²) in [4.78, 5) is 25.1. The molecule has 1 fully saturated rings. The molecular weight excluding hydrogens is 272 g/mol. The Morgan fingerprint density at radius 2 is 2.19 bits per heavy atom. The summed E-state index contributed by atoms with van der Waals surface area (Å²) in [7, 11) is 0. The number of terminal acetylenes is 1. The van der Waals surface area contributed by atoms with Crippen LogP contribution in [0.1, 0.15) is 32.6 Å². The summed E-state index contributed by atoms with van der Waals surface area (Å²) >= 11 is 0. The van der Waals surface area contributed by atoms with Crippen LogP contribution < -0.4 is 5.32 Å². The topological polar surface area (TPSA) is 78.9 Å². The minimum Gasteiger partial charge on any atom is -0.481 e. The number of rotatable bonds is 8. The zero-order valence-corrected chi connectivity index (χ0v) is 12.5. The first kappa shape index (κ1) is 17.3. The number of hydrogen-bond donors (Lipinski definition) is 2. The van der Waals surface area contributed by atoms with Crippen LogP contribution in [0.4, 0.5) is 4.79 Å². The van der Waals surface area contributed by atoms with E-state index < -0.39 is 17.9 Å². The van der Waals surface area contributed by atoms with E-state index in [1.54, 1.807) is 4.90 Å². The molecule has 0 bridgehead atoms. The van der Waals surface area contributed by atoms with Crippen molar-refractivity contribution in [1.82, 2.24) is 10.2 Å². The summed E-state index contributed by atoms with van der Waals surface area (Å²) in [6.45, 7) is 3.47. The summed E-state index contributed by atoms with van der Waals surface area (Å²) in [5, 5.41) is 12.0. The molecule has 2 atom stereocenters. The number of nitrogens with zero attached hydrogens (tertiary/aromatic N) is 1. The standard InChI is InChI=1S/C15H24N2O4/c1-3-5-6-7-8-16-15(20)17(9-4-2)13-11-21-10-12(13)14(18)19/h1,12-13H,4-11H2,2H3,(H,16,20)(H,18,19). The molecule has 0 spiro atoms. The maximum atomic E-state index is 12.2. The molecular formula is C15H24N2O4. The van der Waals surface area contributed by atoms with Crippen molar-refractivity contribution in [1.29, 1.82) is 0 Å². The van der Waals surface area contributed by atoms with Gasteiger partial charge in [0.2, 0.25) is 0 Å². The summed E-state index contributed by atoms with van der Waals surface area (Å²) in [5.74, 6) is 0.991. The number of unbranched alkanes of at least 4 members (excludes halogenated alkanes) is 2. The van der Waals surface area contributed by atoms with Crippen LogP contribution in [-0.4, -0.2) is 54.4 Å². The summed E-state index contributed by atoms with van der Waals surface area (Å²) in [6, 6.07) is -0.618. The molecule has 21 heavy (non-hydrogen) atoms. The van der Waals surface area contributed by atoms with E-state index in [9.17, 15) is 14.7 Å². The third-order valence-corrected chi connectivity index (χ3v) is 3.52. The SMILES string of the molecule is C#CCCCCNC(=O)N(CCC)C1COCC1C(=O)O. The van der Waals surface area contributed by atoms with Crippen molar-refractivity contribution >= 4 is 12.0 Å². The minimum absolute atomic E-state index is 0.162. The van der Waals surface area contributed by atoms with Gasteiger partial charge in [0.05, 0.1) is 19.3 Å². The van der Waals surface area contributed by atoms with Crippen molar-refractivity contribution in [2.75, 3.05) is 26.3 Å². The maximum absolute atomic E-state index is 12.2. The molecule has 0 saturated carbocycles. The van der Waals surface area contributed by atoms with Gasteiger partial charge in [-0.2, -0.15) is 0 Å². The molecule has 0 aromatic rings. The number of aliphatic carboxylic acids is 1. The lowest BCUT2D eigenvalue weighted by molar-refractivity contribution is -0.142. The lowest BCUT2D eigenvalue weighted by atomic mass is 10.0. The Morgan fingerprint density at radius 1 is 1.43 bits per heavy atom. The quantitative estimate of drug-likeness (QED) is 0.523. The highest BCUT2D eigenvalue weighted by molar-refractivity contribution is 5.77. The average Bonchev–Trinajstić information content (AvgIpc) is 2.93. The Kier molecular flexibility index (Phi) is 7.62. The second kappa shape index (κ2) is 9.24. The fourth-order valence-electron chi connectivity index (χ4n) is 2.39. The Balaban J connectivity index is 2.53. The van der Waals surface area contributed by atoms with Gasteiger partial charge in [0.15, 0.2) is 0 Å². The summed E-state index contributed by atoms with van der Waals surface area (Å²) < 4.78 is 5.24. The van der Waals surface area contributed by atoms with Gasteiger partial charge in [-0.25, -0.2) is 4.79 Å². The first-order valence-electron chi connectivity index (χ1n) is 7.40. The molecule has 1 aliphatic rings. The molecule has 1 heterocycles. The Hall–Kier alpha value is -1.74. The highest BCUT2D eigenvalue weighted by atomic mass is 16.5. The molecule has 1 saturated heterocycles. The van der Waals surface area contributed by atoms with Crippen LogP contribution in [0.3, 0.4) is 0 Å². The van der Waals surface area contributed by atoms with Crippen LogP contribution in [0, 0.1) is 18.3 Å². The predicted octanol–water partition coefficient (Wildman–Crippen LogP) is 1.31. The normalized spacial score (nSPS) is 20.8. The third-order valence-electron chi connectivity index (χ3n) is 3.52. The van der Waals surface area contributed by atoms with Gasteiger partial charge >= 0.3 is 12.0 Å². The van der Waals surface area contributed by atoms with Crippen molar-refractivity contribution in [3.63, 3.8) is 0 Å². The second-order valence-corrected chi connectivity index (χ2v) is 5.14. The molecule has 0 aromatic heterocycles. The van der Waals surface area contributed by atoms with E-state index in [1.807, 2.05) is 6.92 Å². The Morgan fingerprint density at radius 3 is 2.81 bits per heavy atom. The van der Waals surface area contributed by atoms with E-state index in [0.717, 1.165) is 19.3 Å². The van der Waals surface area contributed by atoms with Crippen molar-refractivity contribution < 1.29 is 19.4 Å². The minimum atomic E-state index is -0.916. The summed E-state index contributed by atoms with van der Waals surface area (Å²) in [6.07, 6.45) is 8.33. The van der Waals surface area contributed by atoms with E-state index in [1.165, 1.54) is 0 Å². The average molecular weight is 296 g/mol. The van der Waals surface area contributed by atoms with Crippen LogP contribution in [0.25, 0.3) is 0 Å². The zero-order chi connectivity index (χ0) is 15.7. The molecule has 2 N–H and O–H groups in total. The zero-order valence-electron chi connectivity index (χ0n) is 12.5. The highest BCUT2D eigenvalue weighted by Crippen LogP contribution is 2.20. The van der Waals surface area contributed by atoms with Crippen LogP contribution in [-0.2, 0) is 9.53 Å². The number of urea groups is 1. The molecule has 6 heteroatoms. The second-order valence-electron chi connectivity index (χ2n) is 5.14. The Labute approximate surface area is 125 Å². The largest absolute Gasteiger partial charge is 0.481 e. The van der Waals surface area contributed by atoms with E-state index in [4.69, 9.17) is 11.2 Å². The van der Waals surface area contributed by atoms with Gasteiger partial charge in [0, 0.05) is 19.5 Å². The monoisotopic (exact) mass is 296 g/mol. The van der Waals surface area contributed by atoms with Gasteiger partial charge in [-0.3, -0.25) is 4.79 Å². The number of amides is 2. The summed E-state index contributed by atoms with van der Waals surface area (Å²) in [5.41, 5.74) is 0. The molecule has 0 aliphatic carbocycles. The van der Waals surface area contributed by atoms with Gasteiger partial charge in [0.25, 0.3) is 0 Å². The molecule has 0 radical (unpaired) electrons. The fourth-order valence-corrected chi connectivity index (χ4v) is 2.39. The van der Waals surface area contributed by atoms with E-state index in [0.29, 0.717) is 19.5 Å². The third kappa shape index (κ3) is 5.27. The molecule has 1 aliphatic heterocycles. The van der Waals surface area contributed by atoms with Gasteiger partial charge in [-0.15, -0.1) is 12.3 Å². The number of carboxylic acids is 1. The van der Waals surface area contributed by atoms with Crippen molar-refractivity contribution in [2.45, 2.75) is 38.6 Å². The van der Waals surface area contributed by atoms with Gasteiger partial charge < -0.3 is 20.1 Å². The van der Waals surface area contributed by atoms with Crippen LogP contribution in [0.5, 0.6) is 0 Å². The van der Waals surface area contributed by atoms with Gasteiger partial charge in [-0.1, -0.05) is 6.92 Å². The number of ether oxygens (including phenoxy) is 1. The lowest BCUT2D eigenvalue weighted by Crippen LogP contribution is -2.51. The van der Waals surface area contributed by atoms with Crippen molar-refractivity contribution in [2.24, 2.45) is 5.92 Å². The molecule has 1 rings (SSSR count). The van der Waals surface area contributed by atoms with E-state index in [-0.39, 0.29) is 19.2 Å². The lowest BCUT2D eigenvalue weighted by Gasteiger charge is -2.30. The van der Waals surface area contributed by atoms with Crippen molar-refractivity contribution in [3.8, 4) is 12.3 Å². The first-order chi connectivity index (χ1) is 10.1. The highest BCUT2D eigenvalue weighted by Gasteiger charge is 2.39. The molecule has 0 aromatic carbocycles. The fraction of sp³-hybridized carbons (Fsp3) is 0.733. The van der Waals surface area contributed by atoms with Crippen molar-refractivity contribution in [3.05, 3.63) is 0 Å². The van der Waals surface area contributed by atoms with Crippen LogP contribution in [0.15, 0.2) is 0 Å². The van der Waals surface area contributed by atoms with E-state index in [2.05, 4.69) is 11.2 Å². The maximum Gasteiger partial charge on any atom is 0.317 e. The molecule has 2 amide bonds. The van der Waals surface area contributed by atoms with Crippen LogP contribution in [0.2, 0.25) is 0 Å². The Bertz CT molecular complexity index is 392.